The van der Waals surface area contributed by atoms with Gasteiger partial charge in [0, 0.05) is 35.9 Å². The number of carbonyl (C=O) groups is 1. The van der Waals surface area contributed by atoms with E-state index < -0.39 is 10.0 Å². The van der Waals surface area contributed by atoms with Gasteiger partial charge >= 0.3 is 0 Å². The molecule has 2 heterocycles. The summed E-state index contributed by atoms with van der Waals surface area (Å²) in [6.45, 7) is 0.409. The highest BCUT2D eigenvalue weighted by Gasteiger charge is 2.25. The second kappa shape index (κ2) is 10.1. The lowest BCUT2D eigenvalue weighted by molar-refractivity contribution is 0.0976. The van der Waals surface area contributed by atoms with Crippen LogP contribution in [0, 0.1) is 5.92 Å². The molecule has 3 N–H and O–H groups in total. The molecule has 1 aliphatic rings. The largest absolute Gasteiger partial charge is 0.363 e. The molecule has 1 saturated carbocycles. The molecule has 0 amide bonds. The third kappa shape index (κ3) is 5.45. The van der Waals surface area contributed by atoms with Gasteiger partial charge in [-0.3, -0.25) is 9.20 Å². The van der Waals surface area contributed by atoms with Gasteiger partial charge in [0.05, 0.1) is 22.5 Å². The molecule has 5 aromatic rings. The van der Waals surface area contributed by atoms with Crippen LogP contribution in [-0.2, 0) is 16.6 Å². The van der Waals surface area contributed by atoms with Gasteiger partial charge in [-0.2, -0.15) is 0 Å². The highest BCUT2D eigenvalue weighted by atomic mass is 32.2. The van der Waals surface area contributed by atoms with Crippen LogP contribution in [0.4, 0.5) is 5.82 Å². The first-order valence-corrected chi connectivity index (χ1v) is 14.3. The minimum absolute atomic E-state index is 0.0657. The number of benzene rings is 3. The molecular formula is C30H27N5O3S. The number of nitrogens with zero attached hydrogens (tertiary/aromatic N) is 3. The minimum Gasteiger partial charge on any atom is -0.363 e. The number of carbonyl (C=O) groups excluding carboxylic acids is 1. The fraction of sp³-hybridized carbons (Fsp3) is 0.167. The summed E-state index contributed by atoms with van der Waals surface area (Å²) < 4.78 is 25.2. The van der Waals surface area contributed by atoms with Crippen molar-refractivity contribution in [2.45, 2.75) is 30.7 Å². The molecule has 1 fully saturated rings. The molecule has 2 aromatic heterocycles. The Bertz CT molecular complexity index is 1760. The predicted molar refractivity (Wildman–Crippen MR) is 151 cm³/mol. The Morgan fingerprint density at radius 3 is 2.33 bits per heavy atom. The molecule has 0 atom stereocenters. The zero-order valence-corrected chi connectivity index (χ0v) is 21.9. The lowest BCUT2D eigenvalue weighted by Crippen LogP contribution is -2.12. The van der Waals surface area contributed by atoms with E-state index in [1.807, 2.05) is 65.2 Å². The van der Waals surface area contributed by atoms with Crippen molar-refractivity contribution in [1.82, 2.24) is 14.4 Å². The van der Waals surface area contributed by atoms with Crippen molar-refractivity contribution in [1.29, 1.82) is 0 Å². The number of Topliss-reactive ketones (excluding diaryl/α,β-unsaturated/α-hetero) is 1. The molecule has 0 unspecified atom stereocenters. The third-order valence-electron chi connectivity index (χ3n) is 6.95. The first-order chi connectivity index (χ1) is 18.8. The SMILES string of the molecule is NS(=O)(=O)c1ccc(CNc2nc(-c3ccccc3)cn3c(-c4ccc(C(=O)CC5CC5)cc4)cnc23)cc1. The molecule has 0 bridgehead atoms. The van der Waals surface area contributed by atoms with E-state index in [0.717, 1.165) is 46.5 Å². The Balaban J connectivity index is 1.34. The Labute approximate surface area is 226 Å². The van der Waals surface area contributed by atoms with E-state index in [0.29, 0.717) is 30.3 Å². The van der Waals surface area contributed by atoms with Gasteiger partial charge in [-0.1, -0.05) is 66.7 Å². The Kier molecular flexibility index (Phi) is 6.46. The maximum atomic E-state index is 12.5. The summed E-state index contributed by atoms with van der Waals surface area (Å²) in [7, 11) is -3.75. The maximum Gasteiger partial charge on any atom is 0.238 e. The quantitative estimate of drug-likeness (QED) is 0.246. The highest BCUT2D eigenvalue weighted by Crippen LogP contribution is 2.34. The van der Waals surface area contributed by atoms with E-state index in [1.54, 1.807) is 18.3 Å². The van der Waals surface area contributed by atoms with Crippen molar-refractivity contribution < 1.29 is 13.2 Å². The summed E-state index contributed by atoms with van der Waals surface area (Å²) in [6.07, 6.45) is 6.70. The smallest absolute Gasteiger partial charge is 0.238 e. The number of hydrogen-bond acceptors (Lipinski definition) is 6. The molecule has 6 rings (SSSR count). The normalized spacial score (nSPS) is 13.5. The number of imidazole rings is 1. The zero-order chi connectivity index (χ0) is 27.0. The number of ketones is 1. The Hall–Kier alpha value is -4.34. The van der Waals surface area contributed by atoms with Gasteiger partial charge in [-0.15, -0.1) is 0 Å². The summed E-state index contributed by atoms with van der Waals surface area (Å²) in [6, 6.07) is 24.0. The van der Waals surface area contributed by atoms with Gasteiger partial charge in [0.1, 0.15) is 0 Å². The van der Waals surface area contributed by atoms with Gasteiger partial charge < -0.3 is 5.32 Å². The van der Waals surface area contributed by atoms with Crippen LogP contribution in [0.2, 0.25) is 0 Å². The molecule has 39 heavy (non-hydrogen) atoms. The minimum atomic E-state index is -3.75. The average molecular weight is 538 g/mol. The number of fused-ring (bicyclic) bond motifs is 1. The van der Waals surface area contributed by atoms with Gasteiger partial charge in [-0.25, -0.2) is 23.5 Å². The van der Waals surface area contributed by atoms with Crippen LogP contribution >= 0.6 is 0 Å². The molecule has 9 heteroatoms. The van der Waals surface area contributed by atoms with Crippen LogP contribution in [0.15, 0.2) is 96.2 Å². The third-order valence-corrected chi connectivity index (χ3v) is 7.88. The monoisotopic (exact) mass is 537 g/mol. The van der Waals surface area contributed by atoms with Crippen LogP contribution in [0.3, 0.4) is 0 Å². The predicted octanol–water partition coefficient (Wildman–Crippen LogP) is 5.31. The first kappa shape index (κ1) is 25.0. The molecular weight excluding hydrogens is 510 g/mol. The van der Waals surface area contributed by atoms with E-state index in [-0.39, 0.29) is 10.7 Å². The second-order valence-corrected chi connectivity index (χ2v) is 11.4. The lowest BCUT2D eigenvalue weighted by atomic mass is 10.0. The summed E-state index contributed by atoms with van der Waals surface area (Å²) in [5.74, 6) is 1.34. The number of sulfonamides is 1. The van der Waals surface area contributed by atoms with Crippen LogP contribution in [0.5, 0.6) is 0 Å². The fourth-order valence-electron chi connectivity index (χ4n) is 4.58. The molecule has 0 saturated heterocycles. The van der Waals surface area contributed by atoms with Gasteiger partial charge in [0.15, 0.2) is 17.2 Å². The standard InChI is InChI=1S/C30H27N5O3S/c31-39(37,38)25-14-8-21(9-15-25)17-32-29-30-33-18-27(35(30)19-26(34-29)22-4-2-1-3-5-22)23-10-12-24(13-11-23)28(36)16-20-6-7-20/h1-5,8-15,18-20H,6-7,16-17H2,(H,32,34)(H2,31,37,38). The number of nitrogens with one attached hydrogen (secondary N) is 1. The number of aromatic nitrogens is 3. The number of anilines is 1. The summed E-state index contributed by atoms with van der Waals surface area (Å²) >= 11 is 0. The molecule has 0 aliphatic heterocycles. The molecule has 3 aromatic carbocycles. The lowest BCUT2D eigenvalue weighted by Gasteiger charge is -2.12. The summed E-state index contributed by atoms with van der Waals surface area (Å²) in [5.41, 5.74) is 5.81. The van der Waals surface area contributed by atoms with Gasteiger partial charge in [0.2, 0.25) is 10.0 Å². The van der Waals surface area contributed by atoms with Crippen molar-refractivity contribution in [3.8, 4) is 22.5 Å². The molecule has 0 radical (unpaired) electrons. The van der Waals surface area contributed by atoms with Crippen molar-refractivity contribution in [2.75, 3.05) is 5.32 Å². The average Bonchev–Trinajstić information content (AvgIpc) is 3.66. The Morgan fingerprint density at radius 2 is 1.67 bits per heavy atom. The van der Waals surface area contributed by atoms with Crippen molar-refractivity contribution >= 4 is 27.3 Å². The molecule has 0 spiro atoms. The number of primary sulfonamides is 1. The van der Waals surface area contributed by atoms with Crippen LogP contribution in [-0.4, -0.2) is 28.6 Å². The van der Waals surface area contributed by atoms with E-state index in [1.165, 1.54) is 12.1 Å². The number of nitrogens with two attached hydrogens (primary N) is 1. The molecule has 196 valence electrons. The topological polar surface area (TPSA) is 119 Å². The Morgan fingerprint density at radius 1 is 0.949 bits per heavy atom. The highest BCUT2D eigenvalue weighted by molar-refractivity contribution is 7.89. The summed E-state index contributed by atoms with van der Waals surface area (Å²) in [4.78, 5) is 22.1. The van der Waals surface area contributed by atoms with E-state index in [9.17, 15) is 13.2 Å². The van der Waals surface area contributed by atoms with Gasteiger partial charge in [0.25, 0.3) is 0 Å². The van der Waals surface area contributed by atoms with E-state index >= 15 is 0 Å². The van der Waals surface area contributed by atoms with Crippen molar-refractivity contribution in [3.63, 3.8) is 0 Å². The van der Waals surface area contributed by atoms with Gasteiger partial charge in [-0.05, 0) is 36.5 Å². The summed E-state index contributed by atoms with van der Waals surface area (Å²) in [5, 5.41) is 8.59. The maximum absolute atomic E-state index is 12.5. The zero-order valence-electron chi connectivity index (χ0n) is 21.1. The van der Waals surface area contributed by atoms with Crippen LogP contribution in [0.1, 0.15) is 35.2 Å². The van der Waals surface area contributed by atoms with Crippen LogP contribution in [0.25, 0.3) is 28.2 Å². The van der Waals surface area contributed by atoms with Crippen LogP contribution < -0.4 is 10.5 Å². The number of hydrogen-bond donors (Lipinski definition) is 2. The van der Waals surface area contributed by atoms with Crippen molar-refractivity contribution in [3.05, 3.63) is 102 Å². The first-order valence-electron chi connectivity index (χ1n) is 12.8. The molecule has 1 aliphatic carbocycles. The van der Waals surface area contributed by atoms with E-state index in [4.69, 9.17) is 10.1 Å². The number of rotatable bonds is 9. The second-order valence-electron chi connectivity index (χ2n) is 9.87. The van der Waals surface area contributed by atoms with Crippen molar-refractivity contribution in [2.24, 2.45) is 11.1 Å². The fourth-order valence-corrected chi connectivity index (χ4v) is 5.10. The van der Waals surface area contributed by atoms with E-state index in [2.05, 4.69) is 10.3 Å². The molecule has 8 nitrogen and oxygen atoms in total.